The summed E-state index contributed by atoms with van der Waals surface area (Å²) in [4.78, 5) is 0. The Hall–Kier alpha value is -2.30. The summed E-state index contributed by atoms with van der Waals surface area (Å²) in [6.07, 6.45) is 4.44. The highest BCUT2D eigenvalue weighted by Gasteiger charge is 2.18. The molecule has 2 aromatic carbocycles. The molecule has 1 aliphatic rings. The third kappa shape index (κ3) is 3.76. The van der Waals surface area contributed by atoms with Crippen molar-refractivity contribution in [1.82, 2.24) is 5.32 Å². The molecule has 3 aromatic rings. The number of furan rings is 1. The van der Waals surface area contributed by atoms with E-state index in [1.165, 1.54) is 11.1 Å². The molecule has 1 heterocycles. The molecule has 0 amide bonds. The molecule has 0 aliphatic heterocycles. The molecule has 0 radical (unpaired) electrons. The van der Waals surface area contributed by atoms with Gasteiger partial charge in [0, 0.05) is 24.0 Å². The minimum Gasteiger partial charge on any atom is -0.491 e. The number of aryl methyl sites for hydroxylation is 2. The molecule has 0 saturated heterocycles. The van der Waals surface area contributed by atoms with E-state index in [-0.39, 0.29) is 6.61 Å². The van der Waals surface area contributed by atoms with Crippen LogP contribution in [0.4, 0.5) is 0 Å². The number of ether oxygens (including phenoxy) is 1. The lowest BCUT2D eigenvalue weighted by Crippen LogP contribution is -2.40. The summed E-state index contributed by atoms with van der Waals surface area (Å²) in [7, 11) is 0. The smallest absolute Gasteiger partial charge is 0.137 e. The van der Waals surface area contributed by atoms with Gasteiger partial charge in [-0.05, 0) is 55.0 Å². The third-order valence-corrected chi connectivity index (χ3v) is 5.17. The molecule has 2 unspecified atom stereocenters. The first-order valence-electron chi connectivity index (χ1n) is 9.28. The van der Waals surface area contributed by atoms with E-state index >= 15 is 0 Å². The van der Waals surface area contributed by atoms with Crippen molar-refractivity contribution in [2.24, 2.45) is 0 Å². The average Bonchev–Trinajstić information content (AvgIpc) is 3.05. The number of benzene rings is 2. The van der Waals surface area contributed by atoms with Gasteiger partial charge in [0.05, 0.1) is 6.26 Å². The molecule has 2 N–H and O–H groups in total. The fourth-order valence-corrected chi connectivity index (χ4v) is 3.66. The van der Waals surface area contributed by atoms with Crippen LogP contribution in [0.3, 0.4) is 0 Å². The second-order valence-electron chi connectivity index (χ2n) is 7.16. The molecule has 1 aromatic heterocycles. The van der Waals surface area contributed by atoms with Gasteiger partial charge >= 0.3 is 0 Å². The molecule has 4 rings (SSSR count). The molecule has 0 saturated carbocycles. The Kier molecular flexibility index (Phi) is 4.96. The zero-order valence-electron chi connectivity index (χ0n) is 15.1. The number of aliphatic hydroxyl groups excluding tert-OH is 1. The number of rotatable bonds is 6. The molecular formula is C22H25NO3. The average molecular weight is 351 g/mol. The van der Waals surface area contributed by atoms with Gasteiger partial charge in [-0.25, -0.2) is 0 Å². The summed E-state index contributed by atoms with van der Waals surface area (Å²) in [5.41, 5.74) is 4.81. The Morgan fingerprint density at radius 2 is 2.08 bits per heavy atom. The maximum Gasteiger partial charge on any atom is 0.137 e. The zero-order valence-corrected chi connectivity index (χ0v) is 15.1. The minimum absolute atomic E-state index is 0.265. The minimum atomic E-state index is -0.541. The van der Waals surface area contributed by atoms with Gasteiger partial charge in [-0.15, -0.1) is 0 Å². The fourth-order valence-electron chi connectivity index (χ4n) is 3.66. The van der Waals surface area contributed by atoms with E-state index in [4.69, 9.17) is 9.15 Å². The predicted octanol–water partition coefficient (Wildman–Crippen LogP) is 3.63. The van der Waals surface area contributed by atoms with Crippen LogP contribution in [0.2, 0.25) is 0 Å². The summed E-state index contributed by atoms with van der Waals surface area (Å²) < 4.78 is 11.2. The van der Waals surface area contributed by atoms with E-state index in [1.54, 1.807) is 6.26 Å². The summed E-state index contributed by atoms with van der Waals surface area (Å²) in [5, 5.41) is 14.8. The Morgan fingerprint density at radius 3 is 2.96 bits per heavy atom. The van der Waals surface area contributed by atoms with Crippen LogP contribution < -0.4 is 10.1 Å². The molecule has 0 spiro atoms. The summed E-state index contributed by atoms with van der Waals surface area (Å²) in [6.45, 7) is 2.82. The van der Waals surface area contributed by atoms with Crippen LogP contribution in [0.1, 0.15) is 23.1 Å². The Morgan fingerprint density at radius 1 is 1.23 bits per heavy atom. The first-order chi connectivity index (χ1) is 12.7. The van der Waals surface area contributed by atoms with Crippen LogP contribution in [-0.4, -0.2) is 30.4 Å². The van der Waals surface area contributed by atoms with Gasteiger partial charge < -0.3 is 19.6 Å². The molecule has 26 heavy (non-hydrogen) atoms. The molecule has 4 nitrogen and oxygen atoms in total. The fraction of sp³-hybridized carbons (Fsp3) is 0.364. The van der Waals surface area contributed by atoms with Crippen molar-refractivity contribution in [2.75, 3.05) is 13.2 Å². The Labute approximate surface area is 153 Å². The Balaban J connectivity index is 1.25. The van der Waals surface area contributed by atoms with Crippen molar-refractivity contribution in [3.05, 3.63) is 65.4 Å². The van der Waals surface area contributed by atoms with Crippen molar-refractivity contribution in [3.63, 3.8) is 0 Å². The SMILES string of the molecule is Cc1coc2cc(OCC(O)CNC3CCc4ccccc4C3)ccc12. The standard InChI is InChI=1S/C22H25NO3/c1-15-13-26-22-11-20(8-9-21(15)22)25-14-19(24)12-23-18-7-6-16-4-2-3-5-17(16)10-18/h2-5,8-9,11,13,18-19,23-24H,6-7,10,12,14H2,1H3. The van der Waals surface area contributed by atoms with Gasteiger partial charge in [-0.2, -0.15) is 0 Å². The third-order valence-electron chi connectivity index (χ3n) is 5.17. The lowest BCUT2D eigenvalue weighted by atomic mass is 9.88. The number of nitrogens with one attached hydrogen (secondary N) is 1. The van der Waals surface area contributed by atoms with Gasteiger partial charge in [0.25, 0.3) is 0 Å². The van der Waals surface area contributed by atoms with Gasteiger partial charge in [0.15, 0.2) is 0 Å². The quantitative estimate of drug-likeness (QED) is 0.712. The lowest BCUT2D eigenvalue weighted by molar-refractivity contribution is 0.103. The molecule has 136 valence electrons. The van der Waals surface area contributed by atoms with Crippen LogP contribution in [0.15, 0.2) is 53.1 Å². The van der Waals surface area contributed by atoms with Gasteiger partial charge in [0.1, 0.15) is 24.0 Å². The highest BCUT2D eigenvalue weighted by Crippen LogP contribution is 2.25. The Bertz CT molecular complexity index is 886. The van der Waals surface area contributed by atoms with Crippen LogP contribution in [0.25, 0.3) is 11.0 Å². The van der Waals surface area contributed by atoms with Crippen molar-refractivity contribution >= 4 is 11.0 Å². The molecule has 4 heteroatoms. The molecule has 1 aliphatic carbocycles. The van der Waals surface area contributed by atoms with E-state index in [0.29, 0.717) is 12.6 Å². The van der Waals surface area contributed by atoms with Crippen LogP contribution in [0.5, 0.6) is 5.75 Å². The number of hydrogen-bond donors (Lipinski definition) is 2. The van der Waals surface area contributed by atoms with E-state index in [9.17, 15) is 5.11 Å². The van der Waals surface area contributed by atoms with Gasteiger partial charge in [-0.1, -0.05) is 24.3 Å². The maximum atomic E-state index is 10.2. The van der Waals surface area contributed by atoms with Gasteiger partial charge in [-0.3, -0.25) is 0 Å². The molecule has 2 atom stereocenters. The second-order valence-corrected chi connectivity index (χ2v) is 7.16. The maximum absolute atomic E-state index is 10.2. The monoisotopic (exact) mass is 351 g/mol. The molecule has 0 bridgehead atoms. The first kappa shape index (κ1) is 17.1. The predicted molar refractivity (Wildman–Crippen MR) is 103 cm³/mol. The molecular weight excluding hydrogens is 326 g/mol. The second kappa shape index (κ2) is 7.52. The normalized spacial score (nSPS) is 17.8. The zero-order chi connectivity index (χ0) is 17.9. The summed E-state index contributed by atoms with van der Waals surface area (Å²) in [5.74, 6) is 0.720. The topological polar surface area (TPSA) is 54.6 Å². The number of aliphatic hydroxyl groups is 1. The first-order valence-corrected chi connectivity index (χ1v) is 9.28. The van der Waals surface area contributed by atoms with Crippen molar-refractivity contribution < 1.29 is 14.3 Å². The van der Waals surface area contributed by atoms with Crippen molar-refractivity contribution in [2.45, 2.75) is 38.3 Å². The number of fused-ring (bicyclic) bond motifs is 2. The van der Waals surface area contributed by atoms with Gasteiger partial charge in [0.2, 0.25) is 0 Å². The van der Waals surface area contributed by atoms with Crippen LogP contribution >= 0.6 is 0 Å². The lowest BCUT2D eigenvalue weighted by Gasteiger charge is -2.26. The summed E-state index contributed by atoms with van der Waals surface area (Å²) in [6, 6.07) is 14.8. The van der Waals surface area contributed by atoms with E-state index < -0.39 is 6.10 Å². The summed E-state index contributed by atoms with van der Waals surface area (Å²) >= 11 is 0. The van der Waals surface area contributed by atoms with Crippen molar-refractivity contribution in [1.29, 1.82) is 0 Å². The van der Waals surface area contributed by atoms with E-state index in [2.05, 4.69) is 29.6 Å². The number of hydrogen-bond acceptors (Lipinski definition) is 4. The largest absolute Gasteiger partial charge is 0.491 e. The van der Waals surface area contributed by atoms with Crippen LogP contribution in [-0.2, 0) is 12.8 Å². The highest BCUT2D eigenvalue weighted by atomic mass is 16.5. The van der Waals surface area contributed by atoms with E-state index in [0.717, 1.165) is 41.5 Å². The highest BCUT2D eigenvalue weighted by molar-refractivity contribution is 5.82. The van der Waals surface area contributed by atoms with E-state index in [1.807, 2.05) is 25.1 Å². The van der Waals surface area contributed by atoms with Crippen LogP contribution in [0, 0.1) is 6.92 Å². The van der Waals surface area contributed by atoms with Crippen molar-refractivity contribution in [3.8, 4) is 5.75 Å². The molecule has 0 fully saturated rings.